The topological polar surface area (TPSA) is 74.2 Å². The first-order valence-corrected chi connectivity index (χ1v) is 7.61. The number of halogens is 1. The third kappa shape index (κ3) is 4.54. The van der Waals surface area contributed by atoms with Gasteiger partial charge in [-0.2, -0.15) is 0 Å². The first-order chi connectivity index (χ1) is 10.4. The Hall–Kier alpha value is -1.92. The van der Waals surface area contributed by atoms with Gasteiger partial charge in [-0.1, -0.05) is 22.0 Å². The zero-order valence-electron chi connectivity index (χ0n) is 12.4. The Morgan fingerprint density at radius 2 is 2.09 bits per heavy atom. The molecule has 0 atom stereocenters. The Balaban J connectivity index is 2.04. The summed E-state index contributed by atoms with van der Waals surface area (Å²) in [7, 11) is 0. The summed E-state index contributed by atoms with van der Waals surface area (Å²) < 4.78 is 0.851. The van der Waals surface area contributed by atoms with Crippen molar-refractivity contribution in [3.63, 3.8) is 0 Å². The van der Waals surface area contributed by atoms with Crippen LogP contribution in [0, 0.1) is 0 Å². The number of carbonyl (C=O) groups is 1. The molecule has 0 fully saturated rings. The summed E-state index contributed by atoms with van der Waals surface area (Å²) in [5, 5.41) is 15.1. The number of aliphatic hydroxyl groups excluding tert-OH is 1. The van der Waals surface area contributed by atoms with Gasteiger partial charge in [0.15, 0.2) is 0 Å². The second kappa shape index (κ2) is 6.89. The molecule has 1 heterocycles. The van der Waals surface area contributed by atoms with Gasteiger partial charge in [0.25, 0.3) is 5.91 Å². The summed E-state index contributed by atoms with van der Waals surface area (Å²) in [5.74, 6) is 0.444. The number of aromatic nitrogens is 1. The Kier molecular flexibility index (Phi) is 5.15. The number of pyridine rings is 1. The largest absolute Gasteiger partial charge is 0.394 e. The predicted octanol–water partition coefficient (Wildman–Crippen LogP) is 3.28. The molecule has 3 N–H and O–H groups in total. The van der Waals surface area contributed by atoms with Crippen LogP contribution >= 0.6 is 15.9 Å². The molecule has 5 nitrogen and oxygen atoms in total. The van der Waals surface area contributed by atoms with Crippen LogP contribution < -0.4 is 10.6 Å². The van der Waals surface area contributed by atoms with Crippen LogP contribution in [0.4, 0.5) is 11.5 Å². The van der Waals surface area contributed by atoms with Gasteiger partial charge in [-0.15, -0.1) is 0 Å². The van der Waals surface area contributed by atoms with Gasteiger partial charge >= 0.3 is 0 Å². The van der Waals surface area contributed by atoms with Gasteiger partial charge in [-0.05, 0) is 44.2 Å². The number of hydrogen-bond acceptors (Lipinski definition) is 4. The van der Waals surface area contributed by atoms with E-state index in [-0.39, 0.29) is 12.5 Å². The Morgan fingerprint density at radius 1 is 1.32 bits per heavy atom. The minimum absolute atomic E-state index is 0.00392. The highest BCUT2D eigenvalue weighted by molar-refractivity contribution is 9.10. The first-order valence-electron chi connectivity index (χ1n) is 6.82. The molecule has 2 aromatic rings. The number of anilines is 2. The molecule has 1 aromatic carbocycles. The van der Waals surface area contributed by atoms with Crippen molar-refractivity contribution in [1.82, 2.24) is 4.98 Å². The number of hydrogen-bond donors (Lipinski definition) is 3. The Morgan fingerprint density at radius 3 is 2.68 bits per heavy atom. The van der Waals surface area contributed by atoms with E-state index in [1.165, 1.54) is 0 Å². The van der Waals surface area contributed by atoms with E-state index < -0.39 is 5.54 Å². The monoisotopic (exact) mass is 363 g/mol. The van der Waals surface area contributed by atoms with Crippen LogP contribution in [-0.2, 0) is 0 Å². The van der Waals surface area contributed by atoms with Crippen molar-refractivity contribution < 1.29 is 9.90 Å². The maximum absolute atomic E-state index is 12.1. The van der Waals surface area contributed by atoms with Crippen molar-refractivity contribution in [1.29, 1.82) is 0 Å². The average molecular weight is 364 g/mol. The van der Waals surface area contributed by atoms with Crippen molar-refractivity contribution in [2.45, 2.75) is 19.4 Å². The summed E-state index contributed by atoms with van der Waals surface area (Å²) in [6, 6.07) is 10.7. The van der Waals surface area contributed by atoms with E-state index in [0.717, 1.165) is 4.47 Å². The molecule has 0 aliphatic carbocycles. The number of aliphatic hydroxyl groups is 1. The number of benzene rings is 1. The van der Waals surface area contributed by atoms with E-state index in [4.69, 9.17) is 0 Å². The lowest BCUT2D eigenvalue weighted by atomic mass is 10.1. The highest BCUT2D eigenvalue weighted by Crippen LogP contribution is 2.16. The zero-order valence-corrected chi connectivity index (χ0v) is 14.0. The van der Waals surface area contributed by atoms with Crippen LogP contribution in [0.3, 0.4) is 0 Å². The van der Waals surface area contributed by atoms with Gasteiger partial charge in [0.1, 0.15) is 5.82 Å². The minimum Gasteiger partial charge on any atom is -0.394 e. The minimum atomic E-state index is -0.450. The SMILES string of the molecule is CC(C)(CO)Nc1ccc(NC(=O)c2cccc(Br)c2)cn1. The van der Waals surface area contributed by atoms with E-state index >= 15 is 0 Å². The highest BCUT2D eigenvalue weighted by Gasteiger charge is 2.16. The quantitative estimate of drug-likeness (QED) is 0.761. The van der Waals surface area contributed by atoms with E-state index in [2.05, 4.69) is 31.5 Å². The predicted molar refractivity (Wildman–Crippen MR) is 91.1 cm³/mol. The normalized spacial score (nSPS) is 11.1. The molecule has 0 saturated carbocycles. The summed E-state index contributed by atoms with van der Waals surface area (Å²) >= 11 is 3.34. The average Bonchev–Trinajstić information content (AvgIpc) is 2.49. The number of nitrogens with one attached hydrogen (secondary N) is 2. The molecular weight excluding hydrogens is 346 g/mol. The Bertz CT molecular complexity index is 657. The highest BCUT2D eigenvalue weighted by atomic mass is 79.9. The molecule has 1 aromatic heterocycles. The van der Waals surface area contributed by atoms with Crippen molar-refractivity contribution in [3.05, 3.63) is 52.6 Å². The molecule has 6 heteroatoms. The molecule has 2 rings (SSSR count). The fraction of sp³-hybridized carbons (Fsp3) is 0.250. The third-order valence-corrected chi connectivity index (χ3v) is 3.46. The lowest BCUT2D eigenvalue weighted by Gasteiger charge is -2.24. The van der Waals surface area contributed by atoms with E-state index in [1.807, 2.05) is 19.9 Å². The molecular formula is C16H18BrN3O2. The molecule has 0 saturated heterocycles. The van der Waals surface area contributed by atoms with Gasteiger partial charge in [0.05, 0.1) is 24.0 Å². The number of amides is 1. The lowest BCUT2D eigenvalue weighted by molar-refractivity contribution is 0.102. The molecule has 0 aliphatic rings. The molecule has 0 unspecified atom stereocenters. The van der Waals surface area contributed by atoms with E-state index in [9.17, 15) is 9.90 Å². The van der Waals surface area contributed by atoms with Crippen LogP contribution in [0.1, 0.15) is 24.2 Å². The maximum atomic E-state index is 12.1. The van der Waals surface area contributed by atoms with E-state index in [0.29, 0.717) is 17.1 Å². The molecule has 0 bridgehead atoms. The second-order valence-corrected chi connectivity index (χ2v) is 6.48. The molecule has 22 heavy (non-hydrogen) atoms. The van der Waals surface area contributed by atoms with Gasteiger partial charge in [-0.25, -0.2) is 4.98 Å². The molecule has 0 radical (unpaired) electrons. The van der Waals surface area contributed by atoms with Gasteiger partial charge in [-0.3, -0.25) is 4.79 Å². The second-order valence-electron chi connectivity index (χ2n) is 5.56. The van der Waals surface area contributed by atoms with E-state index in [1.54, 1.807) is 36.5 Å². The van der Waals surface area contributed by atoms with Crippen molar-refractivity contribution in [2.24, 2.45) is 0 Å². The fourth-order valence-electron chi connectivity index (χ4n) is 1.76. The van der Waals surface area contributed by atoms with Crippen LogP contribution in [0.25, 0.3) is 0 Å². The first kappa shape index (κ1) is 16.5. The van der Waals surface area contributed by atoms with Crippen LogP contribution in [-0.4, -0.2) is 28.1 Å². The lowest BCUT2D eigenvalue weighted by Crippen LogP contribution is -2.35. The number of nitrogens with zero attached hydrogens (tertiary/aromatic N) is 1. The Labute approximate surface area is 137 Å². The van der Waals surface area contributed by atoms with Crippen molar-refractivity contribution >= 4 is 33.3 Å². The molecule has 0 spiro atoms. The molecule has 1 amide bonds. The summed E-state index contributed by atoms with van der Waals surface area (Å²) in [4.78, 5) is 16.3. The third-order valence-electron chi connectivity index (χ3n) is 2.97. The van der Waals surface area contributed by atoms with Crippen LogP contribution in [0.2, 0.25) is 0 Å². The number of carbonyl (C=O) groups excluding carboxylic acids is 1. The number of rotatable bonds is 5. The van der Waals surface area contributed by atoms with Crippen molar-refractivity contribution in [3.8, 4) is 0 Å². The van der Waals surface area contributed by atoms with Crippen LogP contribution in [0.5, 0.6) is 0 Å². The molecule has 0 aliphatic heterocycles. The smallest absolute Gasteiger partial charge is 0.255 e. The zero-order chi connectivity index (χ0) is 16.2. The van der Waals surface area contributed by atoms with Crippen molar-refractivity contribution in [2.75, 3.05) is 17.2 Å². The van der Waals surface area contributed by atoms with Gasteiger partial charge < -0.3 is 15.7 Å². The summed E-state index contributed by atoms with van der Waals surface area (Å²) in [6.07, 6.45) is 1.58. The maximum Gasteiger partial charge on any atom is 0.255 e. The standard InChI is InChI=1S/C16H18BrN3O2/c1-16(2,10-21)20-14-7-6-13(9-18-14)19-15(22)11-4-3-5-12(17)8-11/h3-9,21H,10H2,1-2H3,(H,18,20)(H,19,22). The summed E-state index contributed by atoms with van der Waals surface area (Å²) in [5.41, 5.74) is 0.726. The summed E-state index contributed by atoms with van der Waals surface area (Å²) in [6.45, 7) is 3.74. The van der Waals surface area contributed by atoms with Gasteiger partial charge in [0, 0.05) is 10.0 Å². The fourth-order valence-corrected chi connectivity index (χ4v) is 2.16. The van der Waals surface area contributed by atoms with Crippen LogP contribution in [0.15, 0.2) is 47.1 Å². The molecule has 116 valence electrons. The van der Waals surface area contributed by atoms with Gasteiger partial charge in [0.2, 0.25) is 0 Å².